The van der Waals surface area contributed by atoms with E-state index in [9.17, 15) is 0 Å². The van der Waals surface area contributed by atoms with E-state index in [1.807, 2.05) is 0 Å². The minimum atomic E-state index is 0.511. The molecule has 1 saturated heterocycles. The highest BCUT2D eigenvalue weighted by molar-refractivity contribution is 5.80. The van der Waals surface area contributed by atoms with Gasteiger partial charge in [0.15, 0.2) is 5.96 Å². The van der Waals surface area contributed by atoms with Crippen LogP contribution in [0.1, 0.15) is 44.7 Å². The van der Waals surface area contributed by atoms with E-state index in [0.717, 1.165) is 25.6 Å². The summed E-state index contributed by atoms with van der Waals surface area (Å²) in [5.74, 6) is 0.923. The van der Waals surface area contributed by atoms with Crippen molar-refractivity contribution in [2.24, 2.45) is 4.99 Å². The fourth-order valence-electron chi connectivity index (χ4n) is 3.15. The summed E-state index contributed by atoms with van der Waals surface area (Å²) in [4.78, 5) is 7.30. The first-order valence-corrected chi connectivity index (χ1v) is 9.48. The van der Waals surface area contributed by atoms with Gasteiger partial charge in [-0.15, -0.1) is 0 Å². The largest absolute Gasteiger partial charge is 0.380 e. The van der Waals surface area contributed by atoms with Gasteiger partial charge in [-0.3, -0.25) is 0 Å². The molecule has 2 N–H and O–H groups in total. The van der Waals surface area contributed by atoms with Crippen LogP contribution in [0.2, 0.25) is 0 Å². The van der Waals surface area contributed by atoms with Gasteiger partial charge in [0.1, 0.15) is 0 Å². The topological polar surface area (TPSA) is 48.9 Å². The summed E-state index contributed by atoms with van der Waals surface area (Å²) in [6.45, 7) is 11.2. The number of nitrogens with one attached hydrogen (secondary N) is 2. The Morgan fingerprint density at radius 1 is 1.20 bits per heavy atom. The number of nitrogens with zero attached hydrogens (tertiary/aromatic N) is 2. The Morgan fingerprint density at radius 3 is 2.40 bits per heavy atom. The molecule has 2 rings (SSSR count). The molecule has 5 heteroatoms. The molecule has 1 aromatic rings. The van der Waals surface area contributed by atoms with Gasteiger partial charge in [0, 0.05) is 38.8 Å². The fourth-order valence-corrected chi connectivity index (χ4v) is 3.15. The highest BCUT2D eigenvalue weighted by Crippen LogP contribution is 2.13. The molecule has 5 nitrogen and oxygen atoms in total. The lowest BCUT2D eigenvalue weighted by atomic mass is 10.0. The number of hydrogen-bond donors (Lipinski definition) is 2. The van der Waals surface area contributed by atoms with Crippen molar-refractivity contribution in [3.8, 4) is 0 Å². The molecule has 0 saturated carbocycles. The van der Waals surface area contributed by atoms with Crippen LogP contribution in [0.3, 0.4) is 0 Å². The smallest absolute Gasteiger partial charge is 0.191 e. The second-order valence-corrected chi connectivity index (χ2v) is 6.99. The zero-order valence-electron chi connectivity index (χ0n) is 16.2. The summed E-state index contributed by atoms with van der Waals surface area (Å²) in [7, 11) is 1.72. The van der Waals surface area contributed by atoms with Crippen molar-refractivity contribution in [1.82, 2.24) is 15.5 Å². The highest BCUT2D eigenvalue weighted by Gasteiger charge is 2.21. The zero-order chi connectivity index (χ0) is 18.1. The van der Waals surface area contributed by atoms with Gasteiger partial charge in [0.05, 0.1) is 13.2 Å². The molecule has 0 aromatic heterocycles. The van der Waals surface area contributed by atoms with E-state index < -0.39 is 0 Å². The molecule has 25 heavy (non-hydrogen) atoms. The summed E-state index contributed by atoms with van der Waals surface area (Å²) in [6, 6.07) is 9.62. The number of likely N-dealkylation sites (tertiary alicyclic amines) is 1. The van der Waals surface area contributed by atoms with Gasteiger partial charge >= 0.3 is 0 Å². The maximum Gasteiger partial charge on any atom is 0.191 e. The lowest BCUT2D eigenvalue weighted by Crippen LogP contribution is -2.49. The monoisotopic (exact) mass is 346 g/mol. The standard InChI is InChI=1S/C20H34N4O/c1-5-21-20(23-19-10-12-24(13-11-19)16(2)3)22-14-17-6-8-18(9-7-17)15-25-4/h6-9,16,19H,5,10-15H2,1-4H3,(H2,21,22,23). The Balaban J connectivity index is 1.87. The number of piperidine rings is 1. The Kier molecular flexibility index (Phi) is 8.22. The summed E-state index contributed by atoms with van der Waals surface area (Å²) in [5.41, 5.74) is 2.41. The minimum absolute atomic E-state index is 0.511. The van der Waals surface area contributed by atoms with Gasteiger partial charge in [0.25, 0.3) is 0 Å². The van der Waals surface area contributed by atoms with Crippen molar-refractivity contribution in [2.45, 2.75) is 58.8 Å². The van der Waals surface area contributed by atoms with E-state index in [0.29, 0.717) is 25.2 Å². The molecule has 0 bridgehead atoms. The number of rotatable bonds is 7. The fraction of sp³-hybridized carbons (Fsp3) is 0.650. The summed E-state index contributed by atoms with van der Waals surface area (Å²) >= 11 is 0. The van der Waals surface area contributed by atoms with Gasteiger partial charge in [-0.25, -0.2) is 4.99 Å². The molecule has 0 atom stereocenters. The molecule has 1 aliphatic heterocycles. The van der Waals surface area contributed by atoms with Crippen molar-refractivity contribution in [3.05, 3.63) is 35.4 Å². The molecule has 0 spiro atoms. The molecule has 0 amide bonds. The van der Waals surface area contributed by atoms with Crippen LogP contribution in [-0.4, -0.2) is 49.7 Å². The van der Waals surface area contributed by atoms with Crippen molar-refractivity contribution in [2.75, 3.05) is 26.7 Å². The molecular weight excluding hydrogens is 312 g/mol. The van der Waals surface area contributed by atoms with Crippen molar-refractivity contribution >= 4 is 5.96 Å². The van der Waals surface area contributed by atoms with Crippen LogP contribution in [0.15, 0.2) is 29.3 Å². The van der Waals surface area contributed by atoms with Crippen molar-refractivity contribution in [1.29, 1.82) is 0 Å². The molecule has 140 valence electrons. The predicted octanol–water partition coefficient (Wildman–Crippen LogP) is 2.76. The third-order valence-electron chi connectivity index (χ3n) is 4.70. The Labute approximate surface area is 152 Å². The minimum Gasteiger partial charge on any atom is -0.380 e. The molecular formula is C20H34N4O. The molecule has 1 heterocycles. The zero-order valence-corrected chi connectivity index (χ0v) is 16.2. The lowest BCUT2D eigenvalue weighted by molar-refractivity contribution is 0.167. The third kappa shape index (κ3) is 6.67. The second kappa shape index (κ2) is 10.4. The van der Waals surface area contributed by atoms with Gasteiger partial charge < -0.3 is 20.3 Å². The van der Waals surface area contributed by atoms with Crippen LogP contribution in [0, 0.1) is 0 Å². The molecule has 1 aromatic carbocycles. The summed E-state index contributed by atoms with van der Waals surface area (Å²) < 4.78 is 5.15. The van der Waals surface area contributed by atoms with E-state index >= 15 is 0 Å². The van der Waals surface area contributed by atoms with E-state index in [1.165, 1.54) is 24.0 Å². The maximum absolute atomic E-state index is 5.15. The average Bonchev–Trinajstić information content (AvgIpc) is 2.62. The van der Waals surface area contributed by atoms with E-state index in [4.69, 9.17) is 9.73 Å². The first-order chi connectivity index (χ1) is 12.1. The quantitative estimate of drug-likeness (QED) is 0.589. The summed E-state index contributed by atoms with van der Waals surface area (Å²) in [6.07, 6.45) is 2.35. The van der Waals surface area contributed by atoms with Crippen molar-refractivity contribution < 1.29 is 4.74 Å². The first-order valence-electron chi connectivity index (χ1n) is 9.48. The van der Waals surface area contributed by atoms with E-state index in [-0.39, 0.29) is 0 Å². The van der Waals surface area contributed by atoms with Crippen LogP contribution < -0.4 is 10.6 Å². The number of methoxy groups -OCH3 is 1. The van der Waals surface area contributed by atoms with Crippen LogP contribution in [0.4, 0.5) is 0 Å². The second-order valence-electron chi connectivity index (χ2n) is 6.99. The van der Waals surface area contributed by atoms with Gasteiger partial charge in [-0.1, -0.05) is 24.3 Å². The normalized spacial score (nSPS) is 17.1. The predicted molar refractivity (Wildman–Crippen MR) is 105 cm³/mol. The first kappa shape index (κ1) is 19.7. The van der Waals surface area contributed by atoms with Crippen molar-refractivity contribution in [3.63, 3.8) is 0 Å². The SMILES string of the molecule is CCNC(=NCc1ccc(COC)cc1)NC1CCN(C(C)C)CC1. The third-order valence-corrected chi connectivity index (χ3v) is 4.70. The molecule has 0 aliphatic carbocycles. The van der Waals surface area contributed by atoms with Crippen LogP contribution in [0.25, 0.3) is 0 Å². The number of benzene rings is 1. The van der Waals surface area contributed by atoms with E-state index in [1.54, 1.807) is 7.11 Å². The maximum atomic E-state index is 5.15. The number of aliphatic imine (C=N–C) groups is 1. The number of guanidine groups is 1. The average molecular weight is 347 g/mol. The van der Waals surface area contributed by atoms with Crippen LogP contribution >= 0.6 is 0 Å². The highest BCUT2D eigenvalue weighted by atomic mass is 16.5. The van der Waals surface area contributed by atoms with E-state index in [2.05, 4.69) is 60.6 Å². The Bertz CT molecular complexity index is 519. The number of hydrogen-bond acceptors (Lipinski definition) is 3. The van der Waals surface area contributed by atoms with Gasteiger partial charge in [-0.05, 0) is 44.7 Å². The molecule has 0 radical (unpaired) electrons. The summed E-state index contributed by atoms with van der Waals surface area (Å²) in [5, 5.41) is 6.98. The Morgan fingerprint density at radius 2 is 1.84 bits per heavy atom. The van der Waals surface area contributed by atoms with Crippen LogP contribution in [-0.2, 0) is 17.9 Å². The molecule has 1 aliphatic rings. The Hall–Kier alpha value is -1.59. The molecule has 0 unspecified atom stereocenters. The molecule has 1 fully saturated rings. The lowest BCUT2D eigenvalue weighted by Gasteiger charge is -2.35. The van der Waals surface area contributed by atoms with Gasteiger partial charge in [-0.2, -0.15) is 0 Å². The van der Waals surface area contributed by atoms with Crippen LogP contribution in [0.5, 0.6) is 0 Å². The van der Waals surface area contributed by atoms with Gasteiger partial charge in [0.2, 0.25) is 0 Å². The number of ether oxygens (including phenoxy) is 1.